The van der Waals surface area contributed by atoms with Gasteiger partial charge in [-0.3, -0.25) is 9.36 Å². The molecule has 2 heterocycles. The Balaban J connectivity index is 2.02. The Kier molecular flexibility index (Phi) is 3.20. The minimum absolute atomic E-state index is 0.129. The van der Waals surface area contributed by atoms with Crippen LogP contribution in [0.5, 0.6) is 5.75 Å². The second-order valence-electron chi connectivity index (χ2n) is 5.65. The second kappa shape index (κ2) is 5.38. The van der Waals surface area contributed by atoms with Gasteiger partial charge in [0.05, 0.1) is 11.4 Å². The van der Waals surface area contributed by atoms with Gasteiger partial charge < -0.3 is 10.1 Å². The van der Waals surface area contributed by atoms with Crippen LogP contribution in [0.25, 0.3) is 28.3 Å². The van der Waals surface area contributed by atoms with Crippen LogP contribution in [0, 0.1) is 6.92 Å². The van der Waals surface area contributed by atoms with Gasteiger partial charge in [0.2, 0.25) is 0 Å². The number of imidazole rings is 1. The second-order valence-corrected chi connectivity index (χ2v) is 5.65. The summed E-state index contributed by atoms with van der Waals surface area (Å²) in [6, 6.07) is 16.6. The molecule has 5 nitrogen and oxygen atoms in total. The monoisotopic (exact) mass is 317 g/mol. The molecule has 0 amide bonds. The van der Waals surface area contributed by atoms with Crippen molar-refractivity contribution < 1.29 is 5.11 Å². The van der Waals surface area contributed by atoms with E-state index in [0.29, 0.717) is 11.5 Å². The average molecular weight is 317 g/mol. The minimum Gasteiger partial charge on any atom is -0.508 e. The number of aromatic amines is 1. The highest BCUT2D eigenvalue weighted by Gasteiger charge is 2.18. The lowest BCUT2D eigenvalue weighted by molar-refractivity contribution is 0.475. The number of benzene rings is 2. The van der Waals surface area contributed by atoms with E-state index in [1.165, 1.54) is 0 Å². The fourth-order valence-electron chi connectivity index (χ4n) is 2.77. The summed E-state index contributed by atoms with van der Waals surface area (Å²) < 4.78 is 1.57. The first kappa shape index (κ1) is 14.3. The van der Waals surface area contributed by atoms with E-state index in [2.05, 4.69) is 9.97 Å². The number of nitrogens with zero attached hydrogens (tertiary/aromatic N) is 2. The van der Waals surface area contributed by atoms with Gasteiger partial charge in [-0.25, -0.2) is 4.98 Å². The number of hydrogen-bond acceptors (Lipinski definition) is 3. The van der Waals surface area contributed by atoms with Crippen LogP contribution in [0.15, 0.2) is 65.6 Å². The van der Waals surface area contributed by atoms with Gasteiger partial charge in [-0.1, -0.05) is 30.3 Å². The molecule has 5 heteroatoms. The van der Waals surface area contributed by atoms with Gasteiger partial charge in [0.25, 0.3) is 5.56 Å². The molecule has 2 aliphatic heterocycles. The molecular formula is C19H15N3O2. The number of nitrogens with one attached hydrogen (secondary N) is 1. The van der Waals surface area contributed by atoms with Gasteiger partial charge in [-0.15, -0.1) is 0 Å². The minimum atomic E-state index is -0.129. The number of hydrogen-bond donors (Lipinski definition) is 2. The fourth-order valence-corrected chi connectivity index (χ4v) is 2.77. The van der Waals surface area contributed by atoms with Gasteiger partial charge in [-0.2, -0.15) is 0 Å². The van der Waals surface area contributed by atoms with Crippen molar-refractivity contribution in [3.63, 3.8) is 0 Å². The van der Waals surface area contributed by atoms with Gasteiger partial charge in [0.15, 0.2) is 5.82 Å². The van der Waals surface area contributed by atoms with Crippen LogP contribution < -0.4 is 5.56 Å². The number of rotatable bonds is 2. The summed E-state index contributed by atoms with van der Waals surface area (Å²) in [5.41, 5.74) is 3.72. The highest BCUT2D eigenvalue weighted by atomic mass is 16.3. The molecule has 0 saturated carbocycles. The van der Waals surface area contributed by atoms with Crippen molar-refractivity contribution in [3.8, 4) is 34.1 Å². The van der Waals surface area contributed by atoms with E-state index in [4.69, 9.17) is 0 Å². The van der Waals surface area contributed by atoms with Gasteiger partial charge in [0, 0.05) is 11.8 Å². The van der Waals surface area contributed by atoms with Crippen molar-refractivity contribution in [2.45, 2.75) is 6.92 Å². The Morgan fingerprint density at radius 3 is 2.42 bits per heavy atom. The first-order chi connectivity index (χ1) is 11.6. The van der Waals surface area contributed by atoms with E-state index in [1.54, 1.807) is 42.0 Å². The Labute approximate surface area is 138 Å². The van der Waals surface area contributed by atoms with Crippen molar-refractivity contribution in [2.75, 3.05) is 0 Å². The van der Waals surface area contributed by atoms with Crippen LogP contribution in [0.1, 0.15) is 5.69 Å². The molecule has 2 aromatic rings. The summed E-state index contributed by atoms with van der Waals surface area (Å²) in [5, 5.41) is 9.48. The number of phenols is 1. The highest BCUT2D eigenvalue weighted by Crippen LogP contribution is 2.28. The van der Waals surface area contributed by atoms with Gasteiger partial charge >= 0.3 is 0 Å². The molecule has 0 fully saturated rings. The number of aromatic nitrogens is 3. The van der Waals surface area contributed by atoms with Crippen molar-refractivity contribution in [1.29, 1.82) is 0 Å². The number of H-pyrrole nitrogens is 1. The van der Waals surface area contributed by atoms with Crippen molar-refractivity contribution >= 4 is 0 Å². The van der Waals surface area contributed by atoms with Crippen molar-refractivity contribution in [2.24, 2.45) is 0 Å². The molecule has 2 N–H and O–H groups in total. The zero-order valence-electron chi connectivity index (χ0n) is 13.0. The molecule has 24 heavy (non-hydrogen) atoms. The molecule has 118 valence electrons. The molecule has 4 rings (SSSR count). The summed E-state index contributed by atoms with van der Waals surface area (Å²) >= 11 is 0. The maximum absolute atomic E-state index is 12.4. The fraction of sp³-hybridized carbons (Fsp3) is 0.0526. The molecule has 2 aromatic carbocycles. The van der Waals surface area contributed by atoms with Gasteiger partial charge in [0.1, 0.15) is 11.4 Å². The van der Waals surface area contributed by atoms with Crippen molar-refractivity contribution in [1.82, 2.24) is 14.5 Å². The zero-order chi connectivity index (χ0) is 16.7. The standard InChI is InChI=1S/C19H15N3O2/c1-12-19(24)22-11-16(13-7-9-15(23)10-8-13)21-17(18(22)20-12)14-5-3-2-4-6-14/h2-11,21,23H,1H3. The predicted octanol–water partition coefficient (Wildman–Crippen LogP) is 3.35. The normalized spacial score (nSPS) is 11.0. The lowest BCUT2D eigenvalue weighted by Crippen LogP contribution is -2.15. The quantitative estimate of drug-likeness (QED) is 0.595. The van der Waals surface area contributed by atoms with Crippen LogP contribution in [0.4, 0.5) is 0 Å². The largest absolute Gasteiger partial charge is 0.508 e. The molecule has 0 aromatic heterocycles. The molecule has 0 radical (unpaired) electrons. The zero-order valence-corrected chi connectivity index (χ0v) is 13.0. The van der Waals surface area contributed by atoms with Crippen LogP contribution in [-0.4, -0.2) is 19.6 Å². The molecule has 0 unspecified atom stereocenters. The van der Waals surface area contributed by atoms with E-state index in [1.807, 2.05) is 30.3 Å². The molecule has 0 aliphatic carbocycles. The number of fused-ring (bicyclic) bond motifs is 1. The van der Waals surface area contributed by atoms with Crippen LogP contribution in [0.3, 0.4) is 0 Å². The van der Waals surface area contributed by atoms with Crippen LogP contribution in [-0.2, 0) is 0 Å². The van der Waals surface area contributed by atoms with Gasteiger partial charge in [-0.05, 0) is 36.8 Å². The van der Waals surface area contributed by atoms with E-state index in [0.717, 1.165) is 22.5 Å². The predicted molar refractivity (Wildman–Crippen MR) is 92.6 cm³/mol. The van der Waals surface area contributed by atoms with Crippen molar-refractivity contribution in [3.05, 3.63) is 76.8 Å². The molecule has 0 atom stereocenters. The lowest BCUT2D eigenvalue weighted by atomic mass is 10.1. The Morgan fingerprint density at radius 2 is 1.71 bits per heavy atom. The molecule has 0 spiro atoms. The van der Waals surface area contributed by atoms with Crippen LogP contribution >= 0.6 is 0 Å². The van der Waals surface area contributed by atoms with E-state index in [9.17, 15) is 9.90 Å². The Hall–Kier alpha value is -3.34. The molecule has 0 bridgehead atoms. The first-order valence-electron chi connectivity index (χ1n) is 7.60. The summed E-state index contributed by atoms with van der Waals surface area (Å²) in [5.74, 6) is 0.803. The van der Waals surface area contributed by atoms with E-state index in [-0.39, 0.29) is 11.3 Å². The average Bonchev–Trinajstić information content (AvgIpc) is 2.90. The summed E-state index contributed by atoms with van der Waals surface area (Å²) in [6.07, 6.45) is 1.75. The third-order valence-electron chi connectivity index (χ3n) is 4.01. The number of aromatic hydroxyl groups is 1. The maximum atomic E-state index is 12.4. The van der Waals surface area contributed by atoms with E-state index >= 15 is 0 Å². The highest BCUT2D eigenvalue weighted by molar-refractivity contribution is 5.72. The summed E-state index contributed by atoms with van der Waals surface area (Å²) in [7, 11) is 0. The topological polar surface area (TPSA) is 70.9 Å². The third kappa shape index (κ3) is 2.27. The van der Waals surface area contributed by atoms with E-state index < -0.39 is 0 Å². The molecule has 0 saturated heterocycles. The summed E-state index contributed by atoms with van der Waals surface area (Å²) in [6.45, 7) is 1.71. The van der Waals surface area contributed by atoms with Crippen LogP contribution in [0.2, 0.25) is 0 Å². The third-order valence-corrected chi connectivity index (χ3v) is 4.01. The SMILES string of the molecule is Cc1nc2c(-c3ccccc3)[nH]c(-c3ccc(O)cc3)cn-2c1=O. The first-order valence-corrected chi connectivity index (χ1v) is 7.60. The molecular weight excluding hydrogens is 302 g/mol. The Morgan fingerprint density at radius 1 is 1.00 bits per heavy atom. The maximum Gasteiger partial charge on any atom is 0.277 e. The Bertz CT molecular complexity index is 1030. The number of phenolic OH excluding ortho intramolecular Hbond substituents is 1. The number of aryl methyl sites for hydroxylation is 1. The summed E-state index contributed by atoms with van der Waals surface area (Å²) in [4.78, 5) is 20.2. The lowest BCUT2D eigenvalue weighted by Gasteiger charge is -2.13. The smallest absolute Gasteiger partial charge is 0.277 e. The molecule has 2 aliphatic rings.